The smallest absolute Gasteiger partial charge is 0.267 e. The number of nitrogens with one attached hydrogen (secondary N) is 1. The third kappa shape index (κ3) is 3.04. The molecule has 3 aromatic rings. The third-order valence-electron chi connectivity index (χ3n) is 4.62. The van der Waals surface area contributed by atoms with Crippen LogP contribution in [0.2, 0.25) is 0 Å². The lowest BCUT2D eigenvalue weighted by Gasteiger charge is -2.16. The first-order chi connectivity index (χ1) is 13.7. The van der Waals surface area contributed by atoms with Crippen molar-refractivity contribution in [3.05, 3.63) is 70.3 Å². The summed E-state index contributed by atoms with van der Waals surface area (Å²) in [5, 5.41) is 6.98. The molecule has 0 spiro atoms. The molecule has 2 aliphatic rings. The van der Waals surface area contributed by atoms with Crippen LogP contribution in [0.15, 0.2) is 59.2 Å². The number of nitrogens with zero attached hydrogens (tertiary/aromatic N) is 4. The second-order valence-corrected chi connectivity index (χ2v) is 8.28. The number of aliphatic imine (C=N–C) groups is 1. The Hall–Kier alpha value is -2.84. The van der Waals surface area contributed by atoms with Crippen molar-refractivity contribution in [3.63, 3.8) is 0 Å². The average Bonchev–Trinajstić information content (AvgIpc) is 3.46. The van der Waals surface area contributed by atoms with Crippen molar-refractivity contribution in [3.8, 4) is 5.13 Å². The maximum Gasteiger partial charge on any atom is 0.267 e. The fourth-order valence-electron chi connectivity index (χ4n) is 3.22. The number of hydrogen-bond donors (Lipinski definition) is 1. The second-order valence-electron chi connectivity index (χ2n) is 6.47. The molecule has 6 nitrogen and oxygen atoms in total. The molecule has 0 aliphatic carbocycles. The van der Waals surface area contributed by atoms with Gasteiger partial charge >= 0.3 is 0 Å². The van der Waals surface area contributed by atoms with Crippen LogP contribution in [0.1, 0.15) is 20.9 Å². The summed E-state index contributed by atoms with van der Waals surface area (Å²) in [6, 6.07) is 11.8. The van der Waals surface area contributed by atoms with Crippen molar-refractivity contribution < 1.29 is 4.79 Å². The number of carbonyl (C=O) groups is 1. The highest BCUT2D eigenvalue weighted by Crippen LogP contribution is 2.35. The first-order valence-electron chi connectivity index (χ1n) is 8.90. The van der Waals surface area contributed by atoms with E-state index in [2.05, 4.69) is 25.6 Å². The van der Waals surface area contributed by atoms with Crippen molar-refractivity contribution in [2.24, 2.45) is 4.99 Å². The molecule has 0 saturated carbocycles. The molecule has 0 atom stereocenters. The standard InChI is InChI=1S/C20H17N5OS2/c1-13-17(28-20(22-13)24-9-2-3-10-24)18(26)23-15-6-4-14(5-7-15)16-12-27-19-21-8-11-25(16)19/h2-7,9-10,12H,8,11H2,1H3,(H,23,26). The van der Waals surface area contributed by atoms with Gasteiger partial charge in [0.05, 0.1) is 17.9 Å². The Morgan fingerprint density at radius 3 is 2.75 bits per heavy atom. The van der Waals surface area contributed by atoms with Crippen LogP contribution < -0.4 is 5.32 Å². The SMILES string of the molecule is Cc1nc(-n2cccc2)sc1C(=O)Nc1ccc(C2=CSC3=NCCN23)cc1. The molecule has 0 unspecified atom stereocenters. The first kappa shape index (κ1) is 17.3. The van der Waals surface area contributed by atoms with Gasteiger partial charge in [0.2, 0.25) is 0 Å². The molecule has 140 valence electrons. The van der Waals surface area contributed by atoms with E-state index in [9.17, 15) is 4.79 Å². The summed E-state index contributed by atoms with van der Waals surface area (Å²) in [7, 11) is 0. The summed E-state index contributed by atoms with van der Waals surface area (Å²) in [6.45, 7) is 3.65. The summed E-state index contributed by atoms with van der Waals surface area (Å²) >= 11 is 3.05. The minimum absolute atomic E-state index is 0.134. The number of fused-ring (bicyclic) bond motifs is 1. The van der Waals surface area contributed by atoms with Gasteiger partial charge in [-0.2, -0.15) is 0 Å². The molecule has 8 heteroatoms. The van der Waals surface area contributed by atoms with Crippen LogP contribution in [0.4, 0.5) is 5.69 Å². The van der Waals surface area contributed by atoms with Gasteiger partial charge in [-0.25, -0.2) is 4.98 Å². The van der Waals surface area contributed by atoms with Crippen LogP contribution in [0.3, 0.4) is 0 Å². The van der Waals surface area contributed by atoms with Crippen molar-refractivity contribution in [2.45, 2.75) is 6.92 Å². The molecule has 2 aromatic heterocycles. The van der Waals surface area contributed by atoms with Gasteiger partial charge in [-0.05, 0) is 36.8 Å². The van der Waals surface area contributed by atoms with Gasteiger partial charge in [-0.1, -0.05) is 35.2 Å². The maximum absolute atomic E-state index is 12.7. The summed E-state index contributed by atoms with van der Waals surface area (Å²) in [5.41, 5.74) is 3.80. The molecule has 28 heavy (non-hydrogen) atoms. The summed E-state index contributed by atoms with van der Waals surface area (Å²) in [4.78, 5) is 24.6. The minimum atomic E-state index is -0.134. The van der Waals surface area contributed by atoms with Crippen molar-refractivity contribution in [1.82, 2.24) is 14.5 Å². The minimum Gasteiger partial charge on any atom is -0.321 e. The van der Waals surface area contributed by atoms with Gasteiger partial charge in [-0.15, -0.1) is 0 Å². The zero-order valence-corrected chi connectivity index (χ0v) is 16.8. The Morgan fingerprint density at radius 2 is 1.96 bits per heavy atom. The predicted octanol–water partition coefficient (Wildman–Crippen LogP) is 4.21. The molecule has 5 rings (SSSR count). The van der Waals surface area contributed by atoms with Gasteiger partial charge in [-0.3, -0.25) is 9.79 Å². The fraction of sp³-hybridized carbons (Fsp3) is 0.150. The zero-order valence-electron chi connectivity index (χ0n) is 15.1. The van der Waals surface area contributed by atoms with Crippen LogP contribution in [-0.2, 0) is 0 Å². The molecular weight excluding hydrogens is 390 g/mol. The summed E-state index contributed by atoms with van der Waals surface area (Å²) < 4.78 is 1.91. The Bertz CT molecular complexity index is 1100. The lowest BCUT2D eigenvalue weighted by Crippen LogP contribution is -2.19. The van der Waals surface area contributed by atoms with E-state index in [1.54, 1.807) is 11.8 Å². The molecule has 4 heterocycles. The highest BCUT2D eigenvalue weighted by atomic mass is 32.2. The zero-order chi connectivity index (χ0) is 19.1. The van der Waals surface area contributed by atoms with Gasteiger partial charge in [0.25, 0.3) is 5.91 Å². The third-order valence-corrected chi connectivity index (χ3v) is 6.69. The highest BCUT2D eigenvalue weighted by Gasteiger charge is 2.27. The van der Waals surface area contributed by atoms with Crippen LogP contribution >= 0.6 is 23.1 Å². The molecule has 0 fully saturated rings. The van der Waals surface area contributed by atoms with E-state index >= 15 is 0 Å². The van der Waals surface area contributed by atoms with Gasteiger partial charge in [0, 0.05) is 30.0 Å². The highest BCUT2D eigenvalue weighted by molar-refractivity contribution is 8.16. The van der Waals surface area contributed by atoms with Crippen LogP contribution in [0.5, 0.6) is 0 Å². The van der Waals surface area contributed by atoms with Crippen LogP contribution in [-0.4, -0.2) is 38.6 Å². The number of amides is 1. The van der Waals surface area contributed by atoms with E-state index in [1.807, 2.05) is 60.3 Å². The number of aryl methyl sites for hydroxylation is 1. The quantitative estimate of drug-likeness (QED) is 0.704. The lowest BCUT2D eigenvalue weighted by atomic mass is 10.1. The maximum atomic E-state index is 12.7. The van der Waals surface area contributed by atoms with Crippen molar-refractivity contribution >= 4 is 45.6 Å². The molecule has 1 N–H and O–H groups in total. The fourth-order valence-corrected chi connectivity index (χ4v) is 5.12. The number of rotatable bonds is 4. The van der Waals surface area contributed by atoms with E-state index in [4.69, 9.17) is 0 Å². The van der Waals surface area contributed by atoms with Crippen molar-refractivity contribution in [1.29, 1.82) is 0 Å². The Kier molecular flexibility index (Phi) is 4.29. The first-order valence-corrected chi connectivity index (χ1v) is 10.6. The number of aromatic nitrogens is 2. The summed E-state index contributed by atoms with van der Waals surface area (Å²) in [6.07, 6.45) is 3.84. The topological polar surface area (TPSA) is 62.5 Å². The predicted molar refractivity (Wildman–Crippen MR) is 115 cm³/mol. The number of anilines is 1. The Balaban J connectivity index is 1.31. The van der Waals surface area contributed by atoms with Crippen LogP contribution in [0, 0.1) is 6.92 Å². The van der Waals surface area contributed by atoms with Crippen molar-refractivity contribution in [2.75, 3.05) is 18.4 Å². The Labute approximate surface area is 170 Å². The molecular formula is C20H17N5OS2. The molecule has 0 saturated heterocycles. The lowest BCUT2D eigenvalue weighted by molar-refractivity contribution is 0.103. The number of benzene rings is 1. The van der Waals surface area contributed by atoms with E-state index in [0.29, 0.717) is 4.88 Å². The van der Waals surface area contributed by atoms with E-state index in [1.165, 1.54) is 17.0 Å². The van der Waals surface area contributed by atoms with Gasteiger partial charge in [0.15, 0.2) is 10.3 Å². The largest absolute Gasteiger partial charge is 0.321 e. The summed E-state index contributed by atoms with van der Waals surface area (Å²) in [5.74, 6) is -0.134. The molecule has 2 aliphatic heterocycles. The molecule has 0 bridgehead atoms. The number of thiazole rings is 1. The van der Waals surface area contributed by atoms with Crippen LogP contribution in [0.25, 0.3) is 10.8 Å². The second kappa shape index (κ2) is 6.96. The van der Waals surface area contributed by atoms with Gasteiger partial charge in [0.1, 0.15) is 4.88 Å². The normalized spacial score (nSPS) is 15.4. The molecule has 0 radical (unpaired) electrons. The number of amidine groups is 1. The van der Waals surface area contributed by atoms with Gasteiger partial charge < -0.3 is 14.8 Å². The number of hydrogen-bond acceptors (Lipinski definition) is 6. The van der Waals surface area contributed by atoms with E-state index < -0.39 is 0 Å². The van der Waals surface area contributed by atoms with E-state index in [-0.39, 0.29) is 5.91 Å². The molecule has 1 aromatic carbocycles. The monoisotopic (exact) mass is 407 g/mol. The number of carbonyl (C=O) groups excluding carboxylic acids is 1. The average molecular weight is 408 g/mol. The van der Waals surface area contributed by atoms with E-state index in [0.717, 1.165) is 40.3 Å². The Morgan fingerprint density at radius 1 is 1.18 bits per heavy atom. The molecule has 1 amide bonds. The number of thioether (sulfide) groups is 1.